The average molecular weight is 474 g/mol. The second kappa shape index (κ2) is 8.52. The van der Waals surface area contributed by atoms with E-state index >= 15 is 4.39 Å². The van der Waals surface area contributed by atoms with Crippen LogP contribution in [0.1, 0.15) is 36.8 Å². The van der Waals surface area contributed by atoms with Crippen molar-refractivity contribution in [1.29, 1.82) is 5.26 Å². The topological polar surface area (TPSA) is 68.9 Å². The first kappa shape index (κ1) is 20.5. The van der Waals surface area contributed by atoms with Crippen molar-refractivity contribution >= 4 is 44.3 Å². The summed E-state index contributed by atoms with van der Waals surface area (Å²) in [5, 5.41) is 23.2. The molecule has 4 nitrogen and oxygen atoms in total. The number of aromatic nitrogens is 1. The zero-order chi connectivity index (χ0) is 20.5. The first-order valence-corrected chi connectivity index (χ1v) is 11.7. The molecule has 1 aromatic heterocycles. The number of aliphatic hydroxyl groups excluding tert-OH is 1. The lowest BCUT2D eigenvalue weighted by molar-refractivity contribution is 0.263. The summed E-state index contributed by atoms with van der Waals surface area (Å²) in [5.41, 5.74) is 2.55. The van der Waals surface area contributed by atoms with E-state index < -0.39 is 5.82 Å². The Bertz CT molecular complexity index is 1060. The Kier molecular flexibility index (Phi) is 6.01. The highest BCUT2D eigenvalue weighted by atomic mass is 79.9. The van der Waals surface area contributed by atoms with E-state index in [-0.39, 0.29) is 6.61 Å². The van der Waals surface area contributed by atoms with Gasteiger partial charge in [-0.3, -0.25) is 0 Å². The van der Waals surface area contributed by atoms with Crippen molar-refractivity contribution in [3.8, 4) is 17.9 Å². The number of anilines is 1. The van der Waals surface area contributed by atoms with Crippen molar-refractivity contribution in [2.45, 2.75) is 43.2 Å². The molecule has 2 unspecified atom stereocenters. The summed E-state index contributed by atoms with van der Waals surface area (Å²) < 4.78 is 15.6. The first-order chi connectivity index (χ1) is 14.1. The average Bonchev–Trinajstić information content (AvgIpc) is 3.36. The van der Waals surface area contributed by atoms with Crippen LogP contribution in [-0.2, 0) is 6.42 Å². The maximum absolute atomic E-state index is 15.3. The highest BCUT2D eigenvalue weighted by Gasteiger charge is 2.47. The first-order valence-electron chi connectivity index (χ1n) is 9.70. The molecule has 0 radical (unpaired) electrons. The van der Waals surface area contributed by atoms with Crippen LogP contribution in [0.15, 0.2) is 15.6 Å². The Balaban J connectivity index is 1.94. The third kappa shape index (κ3) is 3.61. The molecule has 150 valence electrons. The van der Waals surface area contributed by atoms with E-state index in [1.807, 2.05) is 12.3 Å². The number of hydrogen-bond acceptors (Lipinski definition) is 5. The highest BCUT2D eigenvalue weighted by molar-refractivity contribution is 9.10. The summed E-state index contributed by atoms with van der Waals surface area (Å²) >= 11 is 4.77. The van der Waals surface area contributed by atoms with Crippen LogP contribution in [0.3, 0.4) is 0 Å². The number of benzene rings is 1. The molecule has 0 spiro atoms. The summed E-state index contributed by atoms with van der Waals surface area (Å²) in [5.74, 6) is 6.67. The van der Waals surface area contributed by atoms with Crippen molar-refractivity contribution < 1.29 is 9.50 Å². The Morgan fingerprint density at radius 2 is 2.17 bits per heavy atom. The van der Waals surface area contributed by atoms with Crippen molar-refractivity contribution in [3.63, 3.8) is 0 Å². The third-order valence-corrected chi connectivity index (χ3v) is 7.57. The Morgan fingerprint density at radius 1 is 1.41 bits per heavy atom. The van der Waals surface area contributed by atoms with E-state index in [0.29, 0.717) is 56.7 Å². The van der Waals surface area contributed by atoms with E-state index in [4.69, 9.17) is 5.26 Å². The van der Waals surface area contributed by atoms with Gasteiger partial charge in [-0.25, -0.2) is 9.37 Å². The number of thioether (sulfide) groups is 1. The fraction of sp³-hybridized carbons (Fsp3) is 0.455. The molecule has 3 aliphatic carbocycles. The van der Waals surface area contributed by atoms with Crippen LogP contribution in [0.5, 0.6) is 0 Å². The Labute approximate surface area is 182 Å². The van der Waals surface area contributed by atoms with Gasteiger partial charge < -0.3 is 10.4 Å². The van der Waals surface area contributed by atoms with Crippen molar-refractivity contribution in [2.75, 3.05) is 18.2 Å². The van der Waals surface area contributed by atoms with Gasteiger partial charge in [-0.05, 0) is 71.3 Å². The molecule has 7 heteroatoms. The molecular weight excluding hydrogens is 453 g/mol. The normalized spacial score (nSPS) is 22.0. The summed E-state index contributed by atoms with van der Waals surface area (Å²) in [6.45, 7) is -0.248. The molecule has 0 aliphatic heterocycles. The maximum atomic E-state index is 15.3. The van der Waals surface area contributed by atoms with Gasteiger partial charge in [-0.2, -0.15) is 5.26 Å². The molecule has 29 heavy (non-hydrogen) atoms. The number of fused-ring (bicyclic) bond motifs is 2. The SMILES string of the molecule is CSc1nc2c(F)c(Br)c(CCC#N)cc2c(NC2C3CCC2C3)c1C#CCO. The number of nitrogens with one attached hydrogen (secondary N) is 1. The molecule has 0 saturated heterocycles. The van der Waals surface area contributed by atoms with E-state index in [2.05, 4.69) is 44.1 Å². The van der Waals surface area contributed by atoms with Gasteiger partial charge in [-0.1, -0.05) is 11.8 Å². The van der Waals surface area contributed by atoms with Gasteiger partial charge in [0.25, 0.3) is 0 Å². The van der Waals surface area contributed by atoms with Gasteiger partial charge in [0.05, 0.1) is 21.8 Å². The molecule has 2 N–H and O–H groups in total. The number of halogens is 2. The van der Waals surface area contributed by atoms with Gasteiger partial charge in [0.2, 0.25) is 0 Å². The van der Waals surface area contributed by atoms with E-state index in [1.54, 1.807) is 0 Å². The van der Waals surface area contributed by atoms with Crippen molar-refractivity contribution in [2.24, 2.45) is 11.8 Å². The lowest BCUT2D eigenvalue weighted by Gasteiger charge is -2.37. The van der Waals surface area contributed by atoms with Gasteiger partial charge >= 0.3 is 0 Å². The zero-order valence-electron chi connectivity index (χ0n) is 16.1. The van der Waals surface area contributed by atoms with Crippen LogP contribution < -0.4 is 5.32 Å². The third-order valence-electron chi connectivity index (χ3n) is 6.04. The smallest absolute Gasteiger partial charge is 0.163 e. The number of nitriles is 1. The van der Waals surface area contributed by atoms with Gasteiger partial charge in [0, 0.05) is 17.8 Å². The number of hydrogen-bond donors (Lipinski definition) is 2. The Hall–Kier alpha value is -1.80. The monoisotopic (exact) mass is 473 g/mol. The van der Waals surface area contributed by atoms with Crippen molar-refractivity contribution in [1.82, 2.24) is 4.98 Å². The van der Waals surface area contributed by atoms with Crippen LogP contribution >= 0.6 is 27.7 Å². The molecule has 3 saturated carbocycles. The minimum atomic E-state index is -0.410. The summed E-state index contributed by atoms with van der Waals surface area (Å²) in [4.78, 5) is 4.56. The molecule has 3 fully saturated rings. The van der Waals surface area contributed by atoms with Crippen LogP contribution in [0.4, 0.5) is 10.1 Å². The summed E-state index contributed by atoms with van der Waals surface area (Å²) in [6, 6.07) is 4.42. The van der Waals surface area contributed by atoms with Gasteiger partial charge in [0.15, 0.2) is 5.82 Å². The minimum Gasteiger partial charge on any atom is -0.384 e. The van der Waals surface area contributed by atoms with E-state index in [9.17, 15) is 5.11 Å². The quantitative estimate of drug-likeness (QED) is 0.478. The molecule has 5 rings (SSSR count). The lowest BCUT2D eigenvalue weighted by atomic mass is 9.78. The molecule has 2 aromatic rings. The fourth-order valence-electron chi connectivity index (χ4n) is 4.58. The molecule has 2 bridgehead atoms. The predicted molar refractivity (Wildman–Crippen MR) is 117 cm³/mol. The van der Waals surface area contributed by atoms with Gasteiger partial charge in [0.1, 0.15) is 17.1 Å². The molecule has 0 amide bonds. The molecule has 3 aliphatic rings. The second-order valence-electron chi connectivity index (χ2n) is 7.55. The van der Waals surface area contributed by atoms with Gasteiger partial charge in [-0.15, -0.1) is 11.8 Å². The van der Waals surface area contributed by atoms with Crippen LogP contribution in [0, 0.1) is 40.8 Å². The number of rotatable bonds is 5. The predicted octanol–water partition coefficient (Wildman–Crippen LogP) is 4.87. The zero-order valence-corrected chi connectivity index (χ0v) is 18.5. The van der Waals surface area contributed by atoms with E-state index in [1.165, 1.54) is 31.0 Å². The van der Waals surface area contributed by atoms with Crippen molar-refractivity contribution in [3.05, 3.63) is 27.5 Å². The number of pyridine rings is 1. The highest BCUT2D eigenvalue weighted by Crippen LogP contribution is 2.51. The standard InChI is InChI=1S/C22H21BrFN3OS/c1-29-22-15(5-3-9-28)20(26-19-13-6-7-14(19)10-13)16-11-12(4-2-8-25)17(23)18(24)21(16)27-22/h11,13-14,19,28H,2,4,6-7,9-10H2,1H3,(H,26,27). The second-order valence-corrected chi connectivity index (χ2v) is 9.14. The summed E-state index contributed by atoms with van der Waals surface area (Å²) in [6.07, 6.45) is 6.37. The van der Waals surface area contributed by atoms with E-state index in [0.717, 1.165) is 11.3 Å². The molecular formula is C22H21BrFN3OS. The largest absolute Gasteiger partial charge is 0.384 e. The molecule has 2 atom stereocenters. The van der Waals surface area contributed by atoms with Crippen LogP contribution in [-0.4, -0.2) is 29.0 Å². The minimum absolute atomic E-state index is 0.248. The maximum Gasteiger partial charge on any atom is 0.163 e. The fourth-order valence-corrected chi connectivity index (χ4v) is 5.62. The summed E-state index contributed by atoms with van der Waals surface area (Å²) in [7, 11) is 0. The number of nitrogens with zero attached hydrogens (tertiary/aromatic N) is 2. The number of aryl methyl sites for hydroxylation is 1. The molecule has 1 aromatic carbocycles. The lowest BCUT2D eigenvalue weighted by Crippen LogP contribution is -2.40. The van der Waals surface area contributed by atoms with Crippen LogP contribution in [0.2, 0.25) is 0 Å². The number of aliphatic hydroxyl groups is 1. The Morgan fingerprint density at radius 3 is 2.79 bits per heavy atom. The van der Waals surface area contributed by atoms with Crippen LogP contribution in [0.25, 0.3) is 10.9 Å². The molecule has 1 heterocycles.